The Morgan fingerprint density at radius 2 is 1.75 bits per heavy atom. The number of aromatic nitrogens is 2. The van der Waals surface area contributed by atoms with Gasteiger partial charge in [0.15, 0.2) is 17.3 Å². The van der Waals surface area contributed by atoms with Crippen LogP contribution in [-0.4, -0.2) is 16.8 Å². The highest BCUT2D eigenvalue weighted by Crippen LogP contribution is 2.35. The van der Waals surface area contributed by atoms with Crippen LogP contribution < -0.4 is 9.47 Å². The van der Waals surface area contributed by atoms with Gasteiger partial charge in [-0.25, -0.2) is 14.4 Å². The molecule has 98 valence electrons. The van der Waals surface area contributed by atoms with Crippen molar-refractivity contribution in [1.82, 2.24) is 9.97 Å². The number of hydrogen-bond donors (Lipinski definition) is 0. The summed E-state index contributed by atoms with van der Waals surface area (Å²) in [5.41, 5.74) is 1.54. The highest BCUT2D eigenvalue weighted by molar-refractivity contribution is 5.83. The minimum absolute atomic E-state index is 0.226. The molecule has 0 bridgehead atoms. The van der Waals surface area contributed by atoms with Gasteiger partial charge in [-0.3, -0.25) is 0 Å². The van der Waals surface area contributed by atoms with E-state index in [4.69, 9.17) is 9.47 Å². The zero-order chi connectivity index (χ0) is 13.5. The molecule has 4 rings (SSSR count). The Balaban J connectivity index is 1.86. The van der Waals surface area contributed by atoms with Crippen molar-refractivity contribution in [1.29, 1.82) is 0 Å². The zero-order valence-corrected chi connectivity index (χ0v) is 10.3. The van der Waals surface area contributed by atoms with Crippen LogP contribution in [-0.2, 0) is 0 Å². The van der Waals surface area contributed by atoms with Crippen molar-refractivity contribution in [3.05, 3.63) is 48.4 Å². The standard InChI is InChI=1S/C15H9FN2O2/c16-11-3-1-9(2-4-11)15-17-7-10-5-13-14(20-8-19-13)6-12(10)18-15/h1-7H,8H2. The van der Waals surface area contributed by atoms with Gasteiger partial charge < -0.3 is 9.47 Å². The first kappa shape index (κ1) is 11.2. The largest absolute Gasteiger partial charge is 0.454 e. The number of nitrogens with zero attached hydrogens (tertiary/aromatic N) is 2. The molecular formula is C15H9FN2O2. The molecule has 0 spiro atoms. The molecule has 1 aliphatic heterocycles. The first-order valence-electron chi connectivity index (χ1n) is 6.12. The number of hydrogen-bond acceptors (Lipinski definition) is 4. The summed E-state index contributed by atoms with van der Waals surface area (Å²) in [6.07, 6.45) is 1.73. The molecule has 5 heteroatoms. The molecule has 0 saturated carbocycles. The predicted molar refractivity (Wildman–Crippen MR) is 71.1 cm³/mol. The lowest BCUT2D eigenvalue weighted by molar-refractivity contribution is 0.174. The summed E-state index contributed by atoms with van der Waals surface area (Å²) in [5.74, 6) is 1.66. The third kappa shape index (κ3) is 1.75. The van der Waals surface area contributed by atoms with E-state index in [0.717, 1.165) is 16.5 Å². The molecule has 20 heavy (non-hydrogen) atoms. The van der Waals surface area contributed by atoms with E-state index in [1.807, 2.05) is 12.1 Å². The molecular weight excluding hydrogens is 259 g/mol. The van der Waals surface area contributed by atoms with Crippen LogP contribution in [0, 0.1) is 5.82 Å². The maximum atomic E-state index is 12.9. The van der Waals surface area contributed by atoms with E-state index in [-0.39, 0.29) is 12.6 Å². The normalized spacial score (nSPS) is 12.8. The molecule has 0 radical (unpaired) electrons. The highest BCUT2D eigenvalue weighted by Gasteiger charge is 2.15. The number of rotatable bonds is 1. The monoisotopic (exact) mass is 268 g/mol. The first-order valence-corrected chi connectivity index (χ1v) is 6.12. The summed E-state index contributed by atoms with van der Waals surface area (Å²) in [7, 11) is 0. The lowest BCUT2D eigenvalue weighted by Crippen LogP contribution is -1.92. The summed E-state index contributed by atoms with van der Waals surface area (Å²) in [6.45, 7) is 0.226. The van der Waals surface area contributed by atoms with E-state index in [2.05, 4.69) is 9.97 Å². The van der Waals surface area contributed by atoms with Crippen LogP contribution in [0.4, 0.5) is 4.39 Å². The molecule has 0 amide bonds. The molecule has 0 fully saturated rings. The molecule has 2 heterocycles. The van der Waals surface area contributed by atoms with E-state index in [1.54, 1.807) is 18.3 Å². The van der Waals surface area contributed by atoms with Crippen LogP contribution in [0.2, 0.25) is 0 Å². The van der Waals surface area contributed by atoms with Crippen LogP contribution in [0.15, 0.2) is 42.6 Å². The Hall–Kier alpha value is -2.69. The number of fused-ring (bicyclic) bond motifs is 2. The topological polar surface area (TPSA) is 44.2 Å². The zero-order valence-electron chi connectivity index (χ0n) is 10.3. The molecule has 2 aromatic carbocycles. The fraction of sp³-hybridized carbons (Fsp3) is 0.0667. The number of halogens is 1. The van der Waals surface area contributed by atoms with E-state index >= 15 is 0 Å². The Morgan fingerprint density at radius 3 is 2.55 bits per heavy atom. The number of ether oxygens (including phenoxy) is 2. The number of benzene rings is 2. The molecule has 0 aliphatic carbocycles. The second-order valence-electron chi connectivity index (χ2n) is 4.46. The molecule has 0 saturated heterocycles. The molecule has 0 atom stereocenters. The van der Waals surface area contributed by atoms with Crippen LogP contribution >= 0.6 is 0 Å². The van der Waals surface area contributed by atoms with Crippen molar-refractivity contribution in [2.45, 2.75) is 0 Å². The van der Waals surface area contributed by atoms with Gasteiger partial charge in [-0.15, -0.1) is 0 Å². The minimum Gasteiger partial charge on any atom is -0.454 e. The van der Waals surface area contributed by atoms with Gasteiger partial charge in [0.25, 0.3) is 0 Å². The van der Waals surface area contributed by atoms with Crippen LogP contribution in [0.5, 0.6) is 11.5 Å². The second kappa shape index (κ2) is 4.16. The van der Waals surface area contributed by atoms with E-state index < -0.39 is 0 Å². The Bertz CT molecular complexity index is 803. The quantitative estimate of drug-likeness (QED) is 0.680. The molecule has 4 nitrogen and oxygen atoms in total. The van der Waals surface area contributed by atoms with Gasteiger partial charge in [-0.1, -0.05) is 0 Å². The van der Waals surface area contributed by atoms with Crippen LogP contribution in [0.1, 0.15) is 0 Å². The third-order valence-corrected chi connectivity index (χ3v) is 3.18. The molecule has 0 N–H and O–H groups in total. The molecule has 1 aliphatic rings. The summed E-state index contributed by atoms with van der Waals surface area (Å²) in [5, 5.41) is 0.875. The summed E-state index contributed by atoms with van der Waals surface area (Å²) >= 11 is 0. The minimum atomic E-state index is -0.280. The second-order valence-corrected chi connectivity index (χ2v) is 4.46. The van der Waals surface area contributed by atoms with Gasteiger partial charge in [0.1, 0.15) is 5.82 Å². The van der Waals surface area contributed by atoms with Gasteiger partial charge in [0, 0.05) is 23.2 Å². The van der Waals surface area contributed by atoms with E-state index in [1.165, 1.54) is 12.1 Å². The van der Waals surface area contributed by atoms with Gasteiger partial charge in [-0.05, 0) is 30.3 Å². The maximum Gasteiger partial charge on any atom is 0.231 e. The van der Waals surface area contributed by atoms with E-state index in [0.29, 0.717) is 17.3 Å². The van der Waals surface area contributed by atoms with Gasteiger partial charge >= 0.3 is 0 Å². The Labute approximate surface area is 113 Å². The van der Waals surface area contributed by atoms with Crippen LogP contribution in [0.3, 0.4) is 0 Å². The van der Waals surface area contributed by atoms with Crippen molar-refractivity contribution in [3.8, 4) is 22.9 Å². The summed E-state index contributed by atoms with van der Waals surface area (Å²) in [6, 6.07) is 9.77. The predicted octanol–water partition coefficient (Wildman–Crippen LogP) is 3.16. The Morgan fingerprint density at radius 1 is 1.00 bits per heavy atom. The van der Waals surface area contributed by atoms with E-state index in [9.17, 15) is 4.39 Å². The fourth-order valence-corrected chi connectivity index (χ4v) is 2.16. The molecule has 1 aromatic heterocycles. The van der Waals surface area contributed by atoms with Gasteiger partial charge in [0.2, 0.25) is 6.79 Å². The molecule has 0 unspecified atom stereocenters. The SMILES string of the molecule is Fc1ccc(-c2ncc3cc4c(cc3n2)OCO4)cc1. The smallest absolute Gasteiger partial charge is 0.231 e. The van der Waals surface area contributed by atoms with Crippen molar-refractivity contribution in [3.63, 3.8) is 0 Å². The third-order valence-electron chi connectivity index (χ3n) is 3.18. The lowest BCUT2D eigenvalue weighted by Gasteiger charge is -2.03. The van der Waals surface area contributed by atoms with Crippen molar-refractivity contribution >= 4 is 10.9 Å². The van der Waals surface area contributed by atoms with Crippen LogP contribution in [0.25, 0.3) is 22.3 Å². The summed E-state index contributed by atoms with van der Waals surface area (Å²) < 4.78 is 23.6. The first-order chi connectivity index (χ1) is 9.79. The average molecular weight is 268 g/mol. The Kier molecular flexibility index (Phi) is 2.32. The van der Waals surface area contributed by atoms with Crippen molar-refractivity contribution in [2.75, 3.05) is 6.79 Å². The highest BCUT2D eigenvalue weighted by atomic mass is 19.1. The lowest BCUT2D eigenvalue weighted by atomic mass is 10.2. The summed E-state index contributed by atoms with van der Waals surface area (Å²) in [4.78, 5) is 8.79. The van der Waals surface area contributed by atoms with Crippen molar-refractivity contribution < 1.29 is 13.9 Å². The van der Waals surface area contributed by atoms with Gasteiger partial charge in [0.05, 0.1) is 5.52 Å². The fourth-order valence-electron chi connectivity index (χ4n) is 2.16. The van der Waals surface area contributed by atoms with Crippen molar-refractivity contribution in [2.24, 2.45) is 0 Å². The maximum absolute atomic E-state index is 12.9. The average Bonchev–Trinajstić information content (AvgIpc) is 2.92. The van der Waals surface area contributed by atoms with Gasteiger partial charge in [-0.2, -0.15) is 0 Å². The molecule has 3 aromatic rings.